The van der Waals surface area contributed by atoms with E-state index in [1.807, 2.05) is 63.2 Å². The summed E-state index contributed by atoms with van der Waals surface area (Å²) in [6.45, 7) is 9.64. The molecule has 0 spiro atoms. The fraction of sp³-hybridized carbons (Fsp3) is 0.517. The second-order valence-corrected chi connectivity index (χ2v) is 11.5. The lowest BCUT2D eigenvalue weighted by atomic mass is 9.85. The molecule has 2 aromatic carbocycles. The van der Waals surface area contributed by atoms with Gasteiger partial charge in [-0.1, -0.05) is 57.2 Å². The van der Waals surface area contributed by atoms with Gasteiger partial charge >= 0.3 is 0 Å². The van der Waals surface area contributed by atoms with E-state index in [0.29, 0.717) is 18.7 Å². The number of rotatable bonds is 6. The van der Waals surface area contributed by atoms with Crippen molar-refractivity contribution < 1.29 is 19.2 Å². The van der Waals surface area contributed by atoms with Gasteiger partial charge in [0, 0.05) is 31.1 Å². The second-order valence-electron chi connectivity index (χ2n) is 11.5. The van der Waals surface area contributed by atoms with Crippen LogP contribution in [0.1, 0.15) is 41.0 Å². The first kappa shape index (κ1) is 27.6. The third-order valence-corrected chi connectivity index (χ3v) is 7.92. The normalized spacial score (nSPS) is 22.6. The summed E-state index contributed by atoms with van der Waals surface area (Å²) in [5.74, 6) is -1.42. The standard InChI is InChI=1S/C29H39N5O4/c1-17(30-6)26(36)32-25(29(3,4)5)28(38)33-15-14-23-24(33)21(16-34(23)18(2)35)27(37)31-22-13-9-11-19-10-7-8-12-20(19)22/h7-13,17,21,23-25,30H,14-16H2,1-6H3,(H,31,37)(H,32,36)/t17-,21-,23+,24+,25+/m0/s1. The number of amides is 4. The van der Waals surface area contributed by atoms with E-state index in [2.05, 4.69) is 16.0 Å². The van der Waals surface area contributed by atoms with Gasteiger partial charge in [0.05, 0.1) is 24.0 Å². The third-order valence-electron chi connectivity index (χ3n) is 7.92. The van der Waals surface area contributed by atoms with Crippen molar-refractivity contribution in [2.24, 2.45) is 11.3 Å². The van der Waals surface area contributed by atoms with Gasteiger partial charge in [0.1, 0.15) is 6.04 Å². The molecule has 204 valence electrons. The van der Waals surface area contributed by atoms with Crippen LogP contribution in [0.25, 0.3) is 10.8 Å². The van der Waals surface area contributed by atoms with Crippen molar-refractivity contribution in [3.05, 3.63) is 42.5 Å². The first-order valence-electron chi connectivity index (χ1n) is 13.3. The van der Waals surface area contributed by atoms with E-state index in [4.69, 9.17) is 0 Å². The molecule has 2 aliphatic heterocycles. The summed E-state index contributed by atoms with van der Waals surface area (Å²) in [5, 5.41) is 10.9. The summed E-state index contributed by atoms with van der Waals surface area (Å²) in [4.78, 5) is 56.5. The van der Waals surface area contributed by atoms with E-state index < -0.39 is 29.5 Å². The van der Waals surface area contributed by atoms with Crippen molar-refractivity contribution in [3.63, 3.8) is 0 Å². The zero-order valence-electron chi connectivity index (χ0n) is 23.1. The number of hydrogen-bond acceptors (Lipinski definition) is 5. The maximum absolute atomic E-state index is 14.0. The zero-order valence-corrected chi connectivity index (χ0v) is 23.1. The SMILES string of the molecule is CN[C@@H](C)C(=O)N[C@H](C(=O)N1CC[C@@H]2[C@H]1[C@@H](C(=O)Nc1cccc3ccccc13)CN2C(C)=O)C(C)(C)C. The highest BCUT2D eigenvalue weighted by atomic mass is 16.2. The number of carbonyl (C=O) groups is 4. The van der Waals surface area contributed by atoms with Gasteiger partial charge in [-0.25, -0.2) is 0 Å². The highest BCUT2D eigenvalue weighted by Crippen LogP contribution is 2.38. The summed E-state index contributed by atoms with van der Waals surface area (Å²) in [7, 11) is 1.69. The van der Waals surface area contributed by atoms with Gasteiger partial charge in [-0.3, -0.25) is 19.2 Å². The molecule has 4 rings (SSSR count). The molecular weight excluding hydrogens is 482 g/mol. The van der Waals surface area contributed by atoms with Crippen molar-refractivity contribution in [1.29, 1.82) is 0 Å². The minimum atomic E-state index is -0.780. The Kier molecular flexibility index (Phi) is 7.78. The Bertz CT molecular complexity index is 1230. The Morgan fingerprint density at radius 3 is 2.34 bits per heavy atom. The molecule has 9 heteroatoms. The molecular formula is C29H39N5O4. The fourth-order valence-electron chi connectivity index (χ4n) is 5.71. The lowest BCUT2D eigenvalue weighted by Crippen LogP contribution is -2.59. The molecule has 4 amide bonds. The molecule has 2 aromatic rings. The molecule has 0 aliphatic carbocycles. The van der Waals surface area contributed by atoms with Gasteiger partial charge in [0.2, 0.25) is 23.6 Å². The van der Waals surface area contributed by atoms with Crippen LogP contribution < -0.4 is 16.0 Å². The van der Waals surface area contributed by atoms with Gasteiger partial charge in [-0.15, -0.1) is 0 Å². The lowest BCUT2D eigenvalue weighted by molar-refractivity contribution is -0.141. The van der Waals surface area contributed by atoms with Crippen LogP contribution in [-0.2, 0) is 19.2 Å². The maximum Gasteiger partial charge on any atom is 0.246 e. The largest absolute Gasteiger partial charge is 0.342 e. The van der Waals surface area contributed by atoms with Crippen LogP contribution in [0.4, 0.5) is 5.69 Å². The van der Waals surface area contributed by atoms with Crippen LogP contribution in [0.3, 0.4) is 0 Å². The summed E-state index contributed by atoms with van der Waals surface area (Å²) in [5.41, 5.74) is 0.139. The first-order valence-corrected chi connectivity index (χ1v) is 13.3. The van der Waals surface area contributed by atoms with Crippen LogP contribution in [0, 0.1) is 11.3 Å². The Hall–Kier alpha value is -3.46. The molecule has 0 bridgehead atoms. The minimum absolute atomic E-state index is 0.113. The Morgan fingerprint density at radius 2 is 1.68 bits per heavy atom. The molecule has 2 heterocycles. The Labute approximate surface area is 224 Å². The van der Waals surface area contributed by atoms with Gasteiger partial charge in [0.15, 0.2) is 0 Å². The number of nitrogens with one attached hydrogen (secondary N) is 3. The number of nitrogens with zero attached hydrogens (tertiary/aromatic N) is 2. The first-order chi connectivity index (χ1) is 17.9. The molecule has 2 aliphatic rings. The van der Waals surface area contributed by atoms with E-state index in [0.717, 1.165) is 10.8 Å². The third kappa shape index (κ3) is 5.25. The van der Waals surface area contributed by atoms with Crippen molar-refractivity contribution in [3.8, 4) is 0 Å². The predicted octanol–water partition coefficient (Wildman–Crippen LogP) is 2.36. The van der Waals surface area contributed by atoms with Crippen molar-refractivity contribution in [2.75, 3.05) is 25.5 Å². The quantitative estimate of drug-likeness (QED) is 0.541. The molecule has 0 radical (unpaired) electrons. The lowest BCUT2D eigenvalue weighted by Gasteiger charge is -2.37. The van der Waals surface area contributed by atoms with E-state index in [1.54, 1.807) is 23.8 Å². The average Bonchev–Trinajstić information content (AvgIpc) is 3.46. The molecule has 0 saturated carbocycles. The molecule has 3 N–H and O–H groups in total. The molecule has 9 nitrogen and oxygen atoms in total. The molecule has 2 fully saturated rings. The predicted molar refractivity (Wildman–Crippen MR) is 147 cm³/mol. The number of carbonyl (C=O) groups excluding carboxylic acids is 4. The Morgan fingerprint density at radius 1 is 1.00 bits per heavy atom. The average molecular weight is 522 g/mol. The van der Waals surface area contributed by atoms with Crippen LogP contribution in [0.5, 0.6) is 0 Å². The number of fused-ring (bicyclic) bond motifs is 2. The fourth-order valence-corrected chi connectivity index (χ4v) is 5.71. The van der Waals surface area contributed by atoms with Crippen LogP contribution in [0.2, 0.25) is 0 Å². The van der Waals surface area contributed by atoms with Gasteiger partial charge in [0.25, 0.3) is 0 Å². The summed E-state index contributed by atoms with van der Waals surface area (Å²) >= 11 is 0. The Balaban J connectivity index is 1.63. The number of hydrogen-bond donors (Lipinski definition) is 3. The molecule has 0 unspecified atom stereocenters. The topological polar surface area (TPSA) is 111 Å². The monoisotopic (exact) mass is 521 g/mol. The van der Waals surface area contributed by atoms with Gasteiger partial charge in [-0.2, -0.15) is 0 Å². The van der Waals surface area contributed by atoms with Crippen molar-refractivity contribution in [1.82, 2.24) is 20.4 Å². The zero-order chi connectivity index (χ0) is 27.8. The number of anilines is 1. The van der Waals surface area contributed by atoms with Gasteiger partial charge in [-0.05, 0) is 37.3 Å². The van der Waals surface area contributed by atoms with Crippen molar-refractivity contribution in [2.45, 2.75) is 65.2 Å². The highest BCUT2D eigenvalue weighted by molar-refractivity contribution is 6.03. The van der Waals surface area contributed by atoms with E-state index in [9.17, 15) is 19.2 Å². The number of likely N-dealkylation sites (tertiary alicyclic amines) is 2. The number of likely N-dealkylation sites (N-methyl/N-ethyl adjacent to an activating group) is 1. The van der Waals surface area contributed by atoms with Crippen molar-refractivity contribution >= 4 is 40.1 Å². The van der Waals surface area contributed by atoms with Crippen LogP contribution in [0.15, 0.2) is 42.5 Å². The van der Waals surface area contributed by atoms with E-state index in [1.165, 1.54) is 6.92 Å². The highest BCUT2D eigenvalue weighted by Gasteiger charge is 2.55. The summed E-state index contributed by atoms with van der Waals surface area (Å²) in [6.07, 6.45) is 0.589. The van der Waals surface area contributed by atoms with E-state index in [-0.39, 0.29) is 36.2 Å². The number of benzene rings is 2. The summed E-state index contributed by atoms with van der Waals surface area (Å²) in [6, 6.07) is 11.6. The summed E-state index contributed by atoms with van der Waals surface area (Å²) < 4.78 is 0. The maximum atomic E-state index is 14.0. The smallest absolute Gasteiger partial charge is 0.246 e. The molecule has 2 saturated heterocycles. The van der Waals surface area contributed by atoms with Crippen LogP contribution in [-0.4, -0.2) is 77.7 Å². The molecule has 0 aromatic heterocycles. The minimum Gasteiger partial charge on any atom is -0.342 e. The van der Waals surface area contributed by atoms with E-state index >= 15 is 0 Å². The van der Waals surface area contributed by atoms with Gasteiger partial charge < -0.3 is 25.8 Å². The molecule has 38 heavy (non-hydrogen) atoms. The second kappa shape index (κ2) is 10.7. The van der Waals surface area contributed by atoms with Crippen LogP contribution >= 0.6 is 0 Å². The molecule has 5 atom stereocenters.